The molecule has 59 heavy (non-hydrogen) atoms. The minimum absolute atomic E-state index is 0.0433. The maximum atomic E-state index is 12.8. The largest absolute Gasteiger partial charge is 0.544 e. The highest BCUT2D eigenvalue weighted by Crippen LogP contribution is 2.16. The summed E-state index contributed by atoms with van der Waals surface area (Å²) in [4.78, 5) is 37.0. The molecule has 0 heterocycles. The summed E-state index contributed by atoms with van der Waals surface area (Å²) in [5.74, 6) is -1.73. The minimum atomic E-state index is -1.12. The number of carbonyl (C=O) groups excluding carboxylic acids is 3. The molecule has 0 rings (SSSR count). The number of quaternary nitrogens is 1. The SMILES string of the molecule is CCCCCCCCC/C=C/CCCCCCCC(=O)OC(COCCC(C(=O)[O-])[N+](C)(C)C)COC(=O)CCCCCCCCCCCCCCCCCCCCC. The first-order chi connectivity index (χ1) is 28.6. The molecule has 0 N–H and O–H groups in total. The third-order valence-corrected chi connectivity index (χ3v) is 11.7. The summed E-state index contributed by atoms with van der Waals surface area (Å²) in [7, 11) is 5.42. The van der Waals surface area contributed by atoms with Crippen LogP contribution in [0.1, 0.15) is 245 Å². The van der Waals surface area contributed by atoms with Gasteiger partial charge in [0.05, 0.1) is 40.3 Å². The lowest BCUT2D eigenvalue weighted by atomic mass is 10.0. The van der Waals surface area contributed by atoms with Crippen molar-refractivity contribution in [3.05, 3.63) is 12.2 Å². The summed E-state index contributed by atoms with van der Waals surface area (Å²) in [6, 6.07) is -0.723. The van der Waals surface area contributed by atoms with Gasteiger partial charge in [-0.1, -0.05) is 199 Å². The van der Waals surface area contributed by atoms with Gasteiger partial charge in [0.25, 0.3) is 0 Å². The number of hydrogen-bond acceptors (Lipinski definition) is 7. The number of allylic oxidation sites excluding steroid dienone is 2. The zero-order valence-corrected chi connectivity index (χ0v) is 39.7. The topological polar surface area (TPSA) is 102 Å². The Kier molecular flexibility index (Phi) is 41.3. The van der Waals surface area contributed by atoms with E-state index in [2.05, 4.69) is 26.0 Å². The Hall–Kier alpha value is -1.93. The number of carboxylic acids is 1. The Labute approximate surface area is 365 Å². The Bertz CT molecular complexity index is 978. The van der Waals surface area contributed by atoms with Crippen LogP contribution in [0.2, 0.25) is 0 Å². The van der Waals surface area contributed by atoms with Gasteiger partial charge >= 0.3 is 11.9 Å². The van der Waals surface area contributed by atoms with Gasteiger partial charge < -0.3 is 28.6 Å². The number of hydrogen-bond donors (Lipinski definition) is 0. The smallest absolute Gasteiger partial charge is 0.306 e. The van der Waals surface area contributed by atoms with Crippen molar-refractivity contribution in [3.8, 4) is 0 Å². The molecule has 0 aliphatic heterocycles. The van der Waals surface area contributed by atoms with E-state index in [-0.39, 0.29) is 42.7 Å². The van der Waals surface area contributed by atoms with Crippen LogP contribution in [0.15, 0.2) is 12.2 Å². The molecular formula is C51H97NO7. The normalized spacial score (nSPS) is 12.9. The van der Waals surface area contributed by atoms with Crippen LogP contribution < -0.4 is 5.11 Å². The predicted octanol–water partition coefficient (Wildman–Crippen LogP) is 12.9. The van der Waals surface area contributed by atoms with E-state index in [0.29, 0.717) is 12.8 Å². The maximum absolute atomic E-state index is 12.8. The van der Waals surface area contributed by atoms with Crippen molar-refractivity contribution in [1.29, 1.82) is 0 Å². The lowest BCUT2D eigenvalue weighted by Gasteiger charge is -2.34. The van der Waals surface area contributed by atoms with Gasteiger partial charge in [-0.25, -0.2) is 0 Å². The molecule has 348 valence electrons. The summed E-state index contributed by atoms with van der Waals surface area (Å²) >= 11 is 0. The number of likely N-dealkylation sites (N-methyl/N-ethyl adjacent to an activating group) is 1. The van der Waals surface area contributed by atoms with Gasteiger partial charge in [-0.15, -0.1) is 0 Å². The molecule has 0 aliphatic rings. The van der Waals surface area contributed by atoms with Crippen LogP contribution in [0, 0.1) is 0 Å². The van der Waals surface area contributed by atoms with E-state index in [1.165, 1.54) is 161 Å². The van der Waals surface area contributed by atoms with E-state index in [0.717, 1.165) is 51.4 Å². The summed E-state index contributed by atoms with van der Waals surface area (Å²) in [6.07, 6.45) is 46.6. The molecule has 8 nitrogen and oxygen atoms in total. The molecule has 0 fully saturated rings. The van der Waals surface area contributed by atoms with Gasteiger partial charge in [-0.05, 0) is 38.5 Å². The number of rotatable bonds is 46. The highest BCUT2D eigenvalue weighted by molar-refractivity contribution is 5.70. The molecule has 0 saturated heterocycles. The monoisotopic (exact) mass is 836 g/mol. The molecular weight excluding hydrogens is 739 g/mol. The summed E-state index contributed by atoms with van der Waals surface area (Å²) in [5.41, 5.74) is 0. The molecule has 0 saturated carbocycles. The molecule has 0 spiro atoms. The van der Waals surface area contributed by atoms with Crippen LogP contribution in [0.4, 0.5) is 0 Å². The fraction of sp³-hybridized carbons (Fsp3) is 0.902. The Morgan fingerprint density at radius 3 is 1.22 bits per heavy atom. The number of unbranched alkanes of at least 4 members (excludes halogenated alkanes) is 30. The summed E-state index contributed by atoms with van der Waals surface area (Å²) < 4.78 is 17.2. The van der Waals surface area contributed by atoms with Gasteiger partial charge in [0.1, 0.15) is 12.6 Å². The van der Waals surface area contributed by atoms with Crippen molar-refractivity contribution in [2.24, 2.45) is 0 Å². The number of carbonyl (C=O) groups is 3. The quantitative estimate of drug-likeness (QED) is 0.0260. The van der Waals surface area contributed by atoms with Gasteiger partial charge in [0, 0.05) is 19.3 Å². The highest BCUT2D eigenvalue weighted by atomic mass is 16.6. The molecule has 0 aliphatic carbocycles. The van der Waals surface area contributed by atoms with Crippen molar-refractivity contribution in [2.75, 3.05) is 41.0 Å². The van der Waals surface area contributed by atoms with Gasteiger partial charge in [-0.3, -0.25) is 9.59 Å². The predicted molar refractivity (Wildman–Crippen MR) is 245 cm³/mol. The first-order valence-corrected chi connectivity index (χ1v) is 25.2. The van der Waals surface area contributed by atoms with Crippen LogP contribution in [-0.4, -0.2) is 75.5 Å². The standard InChI is InChI=1S/C51H97NO7/c1-6-8-10-12-14-16-18-20-22-24-25-26-28-29-31-33-35-37-39-41-49(53)58-46-47(45-57-44-43-48(51(55)56)52(3,4)5)59-50(54)42-40-38-36-34-32-30-27-23-21-19-17-15-13-11-9-7-2/h23,27,47-48H,6-22,24-26,28-46H2,1-5H3/b27-23+. The third-order valence-electron chi connectivity index (χ3n) is 11.7. The third kappa shape index (κ3) is 41.2. The number of nitrogens with zero attached hydrogens (tertiary/aromatic N) is 1. The van der Waals surface area contributed by atoms with E-state index < -0.39 is 18.1 Å². The zero-order valence-electron chi connectivity index (χ0n) is 39.7. The molecule has 0 aromatic heterocycles. The van der Waals surface area contributed by atoms with E-state index in [9.17, 15) is 19.5 Å². The van der Waals surface area contributed by atoms with Crippen molar-refractivity contribution >= 4 is 17.9 Å². The molecule has 0 aromatic carbocycles. The molecule has 0 bridgehead atoms. The van der Waals surface area contributed by atoms with Crippen LogP contribution in [0.5, 0.6) is 0 Å². The Balaban J connectivity index is 4.22. The average molecular weight is 836 g/mol. The number of esters is 2. The second-order valence-electron chi connectivity index (χ2n) is 18.4. The molecule has 0 aromatic rings. The Morgan fingerprint density at radius 2 is 0.847 bits per heavy atom. The average Bonchev–Trinajstić information content (AvgIpc) is 3.19. The van der Waals surface area contributed by atoms with Crippen molar-refractivity contribution in [3.63, 3.8) is 0 Å². The minimum Gasteiger partial charge on any atom is -0.544 e. The van der Waals surface area contributed by atoms with Crippen LogP contribution in [-0.2, 0) is 28.6 Å². The lowest BCUT2D eigenvalue weighted by molar-refractivity contribution is -0.889. The number of aliphatic carboxylic acids is 1. The van der Waals surface area contributed by atoms with Crippen LogP contribution in [0.3, 0.4) is 0 Å². The maximum Gasteiger partial charge on any atom is 0.306 e. The molecule has 8 heteroatoms. The fourth-order valence-corrected chi connectivity index (χ4v) is 7.71. The summed E-state index contributed by atoms with van der Waals surface area (Å²) in [5, 5.41) is 11.6. The van der Waals surface area contributed by atoms with E-state index in [4.69, 9.17) is 14.2 Å². The van der Waals surface area contributed by atoms with Crippen molar-refractivity contribution in [2.45, 2.75) is 257 Å². The first-order valence-electron chi connectivity index (χ1n) is 25.2. The first kappa shape index (κ1) is 57.1. The van der Waals surface area contributed by atoms with E-state index in [1.54, 1.807) is 21.1 Å². The molecule has 0 radical (unpaired) electrons. The lowest BCUT2D eigenvalue weighted by Crippen LogP contribution is -2.55. The van der Waals surface area contributed by atoms with Gasteiger partial charge in [-0.2, -0.15) is 0 Å². The van der Waals surface area contributed by atoms with E-state index in [1.807, 2.05) is 0 Å². The molecule has 2 unspecified atom stereocenters. The fourth-order valence-electron chi connectivity index (χ4n) is 7.71. The van der Waals surface area contributed by atoms with Gasteiger partial charge in [0.15, 0.2) is 6.10 Å². The van der Waals surface area contributed by atoms with Crippen LogP contribution >= 0.6 is 0 Å². The molecule has 0 amide bonds. The molecule has 2 atom stereocenters. The van der Waals surface area contributed by atoms with Gasteiger partial charge in [0.2, 0.25) is 0 Å². The summed E-state index contributed by atoms with van der Waals surface area (Å²) in [6.45, 7) is 4.69. The van der Waals surface area contributed by atoms with Crippen LogP contribution in [0.25, 0.3) is 0 Å². The number of ether oxygens (including phenoxy) is 3. The van der Waals surface area contributed by atoms with E-state index >= 15 is 0 Å². The van der Waals surface area contributed by atoms with Crippen molar-refractivity contribution in [1.82, 2.24) is 0 Å². The zero-order chi connectivity index (χ0) is 43.5. The highest BCUT2D eigenvalue weighted by Gasteiger charge is 2.25. The Morgan fingerprint density at radius 1 is 0.492 bits per heavy atom. The second-order valence-corrected chi connectivity index (χ2v) is 18.4. The second kappa shape index (κ2) is 42.7. The number of carboxylic acid groups (broad SMARTS) is 1. The van der Waals surface area contributed by atoms with Crippen molar-refractivity contribution < 1.29 is 38.2 Å².